The quantitative estimate of drug-likeness (QED) is 0.0706. The molecule has 0 unspecified atom stereocenters. The van der Waals surface area contributed by atoms with Crippen LogP contribution < -0.4 is 14.2 Å². The zero-order valence-corrected chi connectivity index (χ0v) is 28.2. The number of fused-ring (bicyclic) bond motifs is 1. The molecule has 2 aliphatic rings. The van der Waals surface area contributed by atoms with Crippen LogP contribution in [0.3, 0.4) is 0 Å². The molecule has 1 aliphatic heterocycles. The van der Waals surface area contributed by atoms with Gasteiger partial charge < -0.3 is 32.6 Å². The topological polar surface area (TPSA) is 150 Å². The summed E-state index contributed by atoms with van der Waals surface area (Å²) in [6.45, 7) is -3.66. The van der Waals surface area contributed by atoms with Gasteiger partial charge in [0.1, 0.15) is 22.7 Å². The van der Waals surface area contributed by atoms with Crippen LogP contribution in [-0.2, 0) is 44.6 Å². The molecule has 2 aromatic carbocycles. The fraction of sp³-hybridized carbons (Fsp3) is 0.300. The summed E-state index contributed by atoms with van der Waals surface area (Å²) < 4.78 is 50.9. The molecule has 1 atom stereocenters. The fourth-order valence-electron chi connectivity index (χ4n) is 4.58. The summed E-state index contributed by atoms with van der Waals surface area (Å²) in [5, 5.41) is 11.7. The van der Waals surface area contributed by atoms with Crippen molar-refractivity contribution in [3.8, 4) is 11.5 Å². The second kappa shape index (κ2) is 16.3. The molecule has 1 aliphatic carbocycles. The Bertz CT molecular complexity index is 1590. The molecular formula is C30H27Cl2F2N3O8Os-2. The third-order valence-corrected chi connectivity index (χ3v) is 7.63. The van der Waals surface area contributed by atoms with Crippen LogP contribution in [0.2, 0.25) is 10.0 Å². The van der Waals surface area contributed by atoms with Gasteiger partial charge in [0.05, 0.1) is 17.7 Å². The molecule has 5 rings (SSSR count). The molecule has 1 fully saturated rings. The van der Waals surface area contributed by atoms with Gasteiger partial charge in [-0.25, -0.2) is 0 Å². The van der Waals surface area contributed by atoms with Crippen molar-refractivity contribution in [2.45, 2.75) is 38.5 Å². The SMILES string of the molecule is [CH3-].[NH-]Cc1ccc2c(c1)C(=O)N(CC(=O)O[C@@H](Cc1c(Cl)c[n+]([O-])cc1Cl)c1ccc(OC(F)F)c(OCC3CC3)c1)C2=O.[O]=[Os]. The van der Waals surface area contributed by atoms with Crippen molar-refractivity contribution >= 4 is 41.0 Å². The Morgan fingerprint density at radius 3 is 2.30 bits per heavy atom. The number of amides is 2. The molecule has 0 saturated heterocycles. The number of halogens is 4. The third kappa shape index (κ3) is 8.82. The fourth-order valence-corrected chi connectivity index (χ4v) is 5.18. The summed E-state index contributed by atoms with van der Waals surface area (Å²) in [4.78, 5) is 39.8. The number of hydrogen-bond donors (Lipinski definition) is 0. The standard InChI is InChI=1S/C29H24Cl2F2N3O7.CH3.O.Os/c30-21-11-35(40)12-22(31)20(21)9-24(17-4-6-23(43-29(32)33)25(8-17)41-14-15-1-2-15)42-26(37)13-36-27(38)18-5-3-16(10-34)7-19(18)28(36)39;;;/h3-8,11-12,15,24,29,34H,1-2,9-10,13-14H2;1H3;;/q2*-1;;/t24-;;;/m0.../s1. The molecular weight excluding hydrogens is 829 g/mol. The Balaban J connectivity index is 0.00000188. The normalized spacial score (nSPS) is 14.2. The number of ether oxygens (including phenoxy) is 3. The second-order valence-corrected chi connectivity index (χ2v) is 10.9. The van der Waals surface area contributed by atoms with Crippen LogP contribution in [0.4, 0.5) is 8.78 Å². The first-order valence-corrected chi connectivity index (χ1v) is 15.1. The Morgan fingerprint density at radius 1 is 1.04 bits per heavy atom. The van der Waals surface area contributed by atoms with E-state index in [2.05, 4.69) is 4.74 Å². The number of pyridine rings is 1. The van der Waals surface area contributed by atoms with Gasteiger partial charge >= 0.3 is 34.7 Å². The minimum absolute atomic E-state index is 0. The van der Waals surface area contributed by atoms with E-state index in [4.69, 9.17) is 41.9 Å². The van der Waals surface area contributed by atoms with Gasteiger partial charge in [0, 0.05) is 12.0 Å². The van der Waals surface area contributed by atoms with Crippen molar-refractivity contribution < 1.29 is 64.2 Å². The number of imide groups is 1. The summed E-state index contributed by atoms with van der Waals surface area (Å²) in [6, 6.07) is 8.45. The number of benzene rings is 2. The van der Waals surface area contributed by atoms with Crippen molar-refractivity contribution in [1.82, 2.24) is 4.90 Å². The molecule has 1 aromatic heterocycles. The van der Waals surface area contributed by atoms with E-state index >= 15 is 0 Å². The zero-order chi connectivity index (χ0) is 32.8. The van der Waals surface area contributed by atoms with E-state index in [-0.39, 0.29) is 76.7 Å². The van der Waals surface area contributed by atoms with Crippen molar-refractivity contribution in [3.05, 3.63) is 105 Å². The van der Waals surface area contributed by atoms with Crippen LogP contribution in [0.15, 0.2) is 48.8 Å². The summed E-state index contributed by atoms with van der Waals surface area (Å²) in [5.41, 5.74) is 8.77. The first kappa shape index (κ1) is 36.9. The molecule has 1 N–H and O–H groups in total. The van der Waals surface area contributed by atoms with Crippen molar-refractivity contribution in [1.29, 1.82) is 0 Å². The van der Waals surface area contributed by atoms with Gasteiger partial charge in [0.15, 0.2) is 23.9 Å². The monoisotopic (exact) mass is 857 g/mol. The first-order chi connectivity index (χ1) is 21.5. The van der Waals surface area contributed by atoms with E-state index in [0.29, 0.717) is 28.8 Å². The third-order valence-electron chi connectivity index (χ3n) is 6.97. The summed E-state index contributed by atoms with van der Waals surface area (Å²) >= 11 is 13.2. The van der Waals surface area contributed by atoms with Gasteiger partial charge in [-0.2, -0.15) is 13.5 Å². The van der Waals surface area contributed by atoms with Crippen LogP contribution in [0.1, 0.15) is 56.4 Å². The molecule has 3 aromatic rings. The summed E-state index contributed by atoms with van der Waals surface area (Å²) in [6.07, 6.45) is 2.69. The zero-order valence-electron chi connectivity index (χ0n) is 24.1. The van der Waals surface area contributed by atoms with E-state index in [0.717, 1.165) is 30.1 Å². The number of carbonyl (C=O) groups is 3. The molecule has 16 heteroatoms. The van der Waals surface area contributed by atoms with Crippen molar-refractivity contribution in [2.75, 3.05) is 13.2 Å². The molecule has 46 heavy (non-hydrogen) atoms. The predicted molar refractivity (Wildman–Crippen MR) is 156 cm³/mol. The minimum atomic E-state index is -3.11. The van der Waals surface area contributed by atoms with Gasteiger partial charge in [-0.15, -0.1) is 6.54 Å². The molecule has 2 amide bonds. The number of hydrogen-bond acceptors (Lipinski definition) is 8. The van der Waals surface area contributed by atoms with Crippen LogP contribution >= 0.6 is 23.2 Å². The average molecular weight is 857 g/mol. The van der Waals surface area contributed by atoms with Crippen LogP contribution in [-0.4, -0.2) is 42.4 Å². The van der Waals surface area contributed by atoms with Crippen molar-refractivity contribution in [3.63, 3.8) is 0 Å². The van der Waals surface area contributed by atoms with E-state index in [1.165, 1.54) is 30.3 Å². The number of esters is 1. The predicted octanol–water partition coefficient (Wildman–Crippen LogP) is 6.02. The van der Waals surface area contributed by atoms with Gasteiger partial charge in [-0.1, -0.05) is 40.9 Å². The number of rotatable bonds is 12. The van der Waals surface area contributed by atoms with Gasteiger partial charge in [-0.3, -0.25) is 19.3 Å². The Kier molecular flexibility index (Phi) is 13.1. The number of carbonyl (C=O) groups excluding carboxylic acids is 3. The molecule has 0 spiro atoms. The van der Waals surface area contributed by atoms with E-state index in [1.54, 1.807) is 6.07 Å². The number of aromatic nitrogens is 1. The van der Waals surface area contributed by atoms with E-state index in [1.807, 2.05) is 0 Å². The number of nitrogens with zero attached hydrogens (tertiary/aromatic N) is 2. The number of nitrogens with one attached hydrogen (secondary N) is 1. The maximum atomic E-state index is 13.2. The molecule has 2 heterocycles. The molecule has 1 saturated carbocycles. The van der Waals surface area contributed by atoms with Gasteiger partial charge in [0.25, 0.3) is 11.8 Å². The van der Waals surface area contributed by atoms with E-state index < -0.39 is 37.0 Å². The van der Waals surface area contributed by atoms with Crippen LogP contribution in [0, 0.1) is 18.6 Å². The average Bonchev–Trinajstić information content (AvgIpc) is 3.81. The molecule has 248 valence electrons. The van der Waals surface area contributed by atoms with Gasteiger partial charge in [0.2, 0.25) is 0 Å². The second-order valence-electron chi connectivity index (χ2n) is 10.1. The molecule has 0 bridgehead atoms. The van der Waals surface area contributed by atoms with E-state index in [9.17, 15) is 28.4 Å². The first-order valence-electron chi connectivity index (χ1n) is 13.3. The summed E-state index contributed by atoms with van der Waals surface area (Å²) in [7, 11) is 0. The Hall–Kier alpha value is -3.56. The van der Waals surface area contributed by atoms with Crippen molar-refractivity contribution in [2.24, 2.45) is 5.92 Å². The van der Waals surface area contributed by atoms with Gasteiger partial charge in [-0.05, 0) is 48.6 Å². The van der Waals surface area contributed by atoms with Crippen LogP contribution in [0.5, 0.6) is 11.5 Å². The number of alkyl halides is 2. The molecule has 0 radical (unpaired) electrons. The Morgan fingerprint density at radius 2 is 1.70 bits per heavy atom. The Labute approximate surface area is 283 Å². The summed E-state index contributed by atoms with van der Waals surface area (Å²) in [5.74, 6) is -2.29. The maximum absolute atomic E-state index is 13.2. The molecule has 11 nitrogen and oxygen atoms in total. The van der Waals surface area contributed by atoms with Crippen LogP contribution in [0.25, 0.3) is 5.73 Å².